The molecule has 2 aromatic rings. The summed E-state index contributed by atoms with van der Waals surface area (Å²) in [5.41, 5.74) is 0.246. The third-order valence-electron chi connectivity index (χ3n) is 12.2. The fourth-order valence-corrected chi connectivity index (χ4v) is 8.05. The van der Waals surface area contributed by atoms with Crippen molar-refractivity contribution in [3.63, 3.8) is 0 Å². The molecular formula is C48H52O30. The van der Waals surface area contributed by atoms with E-state index in [-0.39, 0.29) is 45.5 Å². The second-order valence-electron chi connectivity index (χ2n) is 17.7. The van der Waals surface area contributed by atoms with Gasteiger partial charge in [-0.25, -0.2) is 14.4 Å². The van der Waals surface area contributed by atoms with Crippen LogP contribution < -0.4 is 4.74 Å². The van der Waals surface area contributed by atoms with Crippen LogP contribution in [-0.4, -0.2) is 231 Å². The molecule has 2 aromatic carbocycles. The number of carbonyl (C=O) groups is 5. The highest BCUT2D eigenvalue weighted by Crippen LogP contribution is 2.39. The highest BCUT2D eigenvalue weighted by Gasteiger charge is 2.51. The van der Waals surface area contributed by atoms with Crippen molar-refractivity contribution in [2.45, 2.75) is 111 Å². The number of carboxylic acid groups (broad SMARTS) is 2. The second kappa shape index (κ2) is 24.9. The van der Waals surface area contributed by atoms with E-state index in [0.29, 0.717) is 6.08 Å². The Bertz CT molecular complexity index is 2700. The van der Waals surface area contributed by atoms with Crippen LogP contribution >= 0.6 is 0 Å². The molecular weight excluding hydrogens is 1060 g/mol. The van der Waals surface area contributed by atoms with Gasteiger partial charge in [0.2, 0.25) is 24.8 Å². The fourth-order valence-electron chi connectivity index (χ4n) is 8.05. The van der Waals surface area contributed by atoms with Gasteiger partial charge in [-0.05, 0) is 54.1 Å². The zero-order valence-electron chi connectivity index (χ0n) is 39.9. The predicted molar refractivity (Wildman–Crippen MR) is 246 cm³/mol. The van der Waals surface area contributed by atoms with Gasteiger partial charge in [0.15, 0.2) is 35.4 Å². The molecule has 15 N–H and O–H groups in total. The third kappa shape index (κ3) is 13.4. The average Bonchev–Trinajstić information content (AvgIpc) is 3.49. The van der Waals surface area contributed by atoms with E-state index >= 15 is 0 Å². The Kier molecular flexibility index (Phi) is 18.6. The molecule has 30 nitrogen and oxygen atoms in total. The lowest BCUT2D eigenvalue weighted by molar-refractivity contribution is -0.351. The minimum atomic E-state index is -2.80. The Hall–Kier alpha value is -7.43. The molecule has 0 bridgehead atoms. The number of carboxylic acids is 2. The van der Waals surface area contributed by atoms with Crippen molar-refractivity contribution in [2.24, 2.45) is 0 Å². The molecule has 0 saturated carbocycles. The number of ether oxygens (including phenoxy) is 10. The molecule has 7 rings (SSSR count). The molecule has 17 atom stereocenters. The van der Waals surface area contributed by atoms with Crippen molar-refractivity contribution in [1.82, 2.24) is 0 Å². The molecule has 1 aliphatic carbocycles. The minimum Gasteiger partial charge on any atom is -0.508 e. The van der Waals surface area contributed by atoms with Crippen LogP contribution in [0.25, 0.3) is 11.8 Å². The number of fused-ring (bicyclic) bond motifs is 1. The van der Waals surface area contributed by atoms with Crippen LogP contribution in [0, 0.1) is 0 Å². The molecule has 4 aliphatic heterocycles. The Balaban J connectivity index is 1.00. The Morgan fingerprint density at radius 3 is 2.01 bits per heavy atom. The van der Waals surface area contributed by atoms with Gasteiger partial charge in [0, 0.05) is 29.4 Å². The molecule has 3 saturated heterocycles. The number of rotatable bonds is 19. The van der Waals surface area contributed by atoms with E-state index < -0.39 is 172 Å². The largest absolute Gasteiger partial charge is 0.508 e. The smallest absolute Gasteiger partial charge is 0.349 e. The first-order chi connectivity index (χ1) is 36.9. The number of hydrogen-bond acceptors (Lipinski definition) is 28. The van der Waals surface area contributed by atoms with Gasteiger partial charge in [0.25, 0.3) is 0 Å². The number of aromatic hydroxyl groups is 2. The number of phenolic OH excluding ortho intramolecular Hbond substituents is 2. The van der Waals surface area contributed by atoms with E-state index in [2.05, 4.69) is 0 Å². The van der Waals surface area contributed by atoms with Crippen LogP contribution in [0.1, 0.15) is 17.5 Å². The SMILES string of the molecule is O=C(/C=C/c1ccc(O[C@@H]2O[C@H](CO)[C@@H](O)[C@H](O)[C@H]2O)c(O)c1)O[C@@H](C(=O)O)[C@@H](OC(=O)CC(=O)OC[C@H]1O[C@@H](OC2=C(c3ccc(O)cc3)OC3C=C(O)C=C(O)C3=C2)[C@H](O[C@@H]2OC[C@@H](O)[C@H](O)[C@H]2O)[C@@H](O)[C@H]1O)C(=O)O. The summed E-state index contributed by atoms with van der Waals surface area (Å²) < 4.78 is 54.3. The number of benzene rings is 2. The van der Waals surface area contributed by atoms with Gasteiger partial charge in [-0.2, -0.15) is 0 Å². The number of hydrogen-bond donors (Lipinski definition) is 15. The van der Waals surface area contributed by atoms with Crippen molar-refractivity contribution < 1.29 is 148 Å². The van der Waals surface area contributed by atoms with Gasteiger partial charge >= 0.3 is 29.8 Å². The standard InChI is InChI=1S/C48H52O30/c49-14-28-34(59)36(61)39(64)47(74-28)72-25-7-1-17(9-23(25)53)2-8-30(55)76-42(44(65)66)43(45(67)68)77-32(57)13-31(56)69-16-29-35(60)37(62)41(78-46-38(63)33(58)24(54)15-70-46)48(75-29)73-27-12-21-22(52)10-20(51)11-26(21)71-40(27)18-3-5-19(50)6-4-18/h1-12,24,26,28-29,33-39,41-43,46-54,58-64H,13-16H2,(H,65,66)(H,67,68)/b8-2+/t24-,26?,28-,29-,33+,34-,35+,36+,37+,38-,39-,41-,42-,43-,46+,47-,48-/m1/s1. The molecule has 0 spiro atoms. The lowest BCUT2D eigenvalue weighted by Gasteiger charge is -2.45. The Morgan fingerprint density at radius 1 is 0.692 bits per heavy atom. The van der Waals surface area contributed by atoms with E-state index in [1.807, 2.05) is 0 Å². The van der Waals surface area contributed by atoms with Crippen LogP contribution in [-0.2, 0) is 66.6 Å². The van der Waals surface area contributed by atoms with E-state index in [4.69, 9.17) is 47.4 Å². The van der Waals surface area contributed by atoms with Gasteiger partial charge in [0.1, 0.15) is 97.4 Å². The lowest BCUT2D eigenvalue weighted by atomic mass is 9.96. The van der Waals surface area contributed by atoms with Crippen molar-refractivity contribution in [2.75, 3.05) is 19.8 Å². The third-order valence-corrected chi connectivity index (χ3v) is 12.2. The van der Waals surface area contributed by atoms with Crippen molar-refractivity contribution in [1.29, 1.82) is 0 Å². The normalized spacial score (nSPS) is 31.7. The summed E-state index contributed by atoms with van der Waals surface area (Å²) >= 11 is 0. The van der Waals surface area contributed by atoms with Crippen molar-refractivity contribution in [3.8, 4) is 17.2 Å². The van der Waals surface area contributed by atoms with Gasteiger partial charge in [0.05, 0.1) is 13.2 Å². The first kappa shape index (κ1) is 58.3. The van der Waals surface area contributed by atoms with Gasteiger partial charge in [-0.15, -0.1) is 0 Å². The van der Waals surface area contributed by atoms with E-state index in [0.717, 1.165) is 24.3 Å². The number of aliphatic hydroxyl groups excluding tert-OH is 11. The lowest BCUT2D eigenvalue weighted by Crippen LogP contribution is -2.63. The number of esters is 3. The minimum absolute atomic E-state index is 0.00958. The van der Waals surface area contributed by atoms with Gasteiger partial charge < -0.3 is 124 Å². The van der Waals surface area contributed by atoms with Crippen LogP contribution in [0.2, 0.25) is 0 Å². The summed E-state index contributed by atoms with van der Waals surface area (Å²) in [6.45, 7) is -2.39. The average molecular weight is 1110 g/mol. The number of phenols is 2. The van der Waals surface area contributed by atoms with Crippen molar-refractivity contribution >= 4 is 41.7 Å². The molecule has 424 valence electrons. The number of aliphatic hydroxyl groups is 11. The van der Waals surface area contributed by atoms with Crippen LogP contribution in [0.15, 0.2) is 89.6 Å². The van der Waals surface area contributed by atoms with Crippen LogP contribution in [0.4, 0.5) is 0 Å². The van der Waals surface area contributed by atoms with Crippen molar-refractivity contribution in [3.05, 3.63) is 101 Å². The summed E-state index contributed by atoms with van der Waals surface area (Å²) in [5.74, 6) is -11.5. The summed E-state index contributed by atoms with van der Waals surface area (Å²) in [7, 11) is 0. The Labute approximate surface area is 437 Å². The first-order valence-corrected chi connectivity index (χ1v) is 23.2. The molecule has 4 heterocycles. The van der Waals surface area contributed by atoms with E-state index in [1.165, 1.54) is 42.5 Å². The first-order valence-electron chi connectivity index (χ1n) is 23.2. The van der Waals surface area contributed by atoms with Gasteiger partial charge in [-0.1, -0.05) is 6.07 Å². The summed E-state index contributed by atoms with van der Waals surface area (Å²) in [5, 5.41) is 154. The molecule has 1 unspecified atom stereocenters. The maximum absolute atomic E-state index is 13.0. The van der Waals surface area contributed by atoms with E-state index in [1.54, 1.807) is 0 Å². The van der Waals surface area contributed by atoms with Crippen LogP contribution in [0.5, 0.6) is 17.2 Å². The highest BCUT2D eigenvalue weighted by molar-refractivity contribution is 5.94. The van der Waals surface area contributed by atoms with Gasteiger partial charge in [-0.3, -0.25) is 9.59 Å². The summed E-state index contributed by atoms with van der Waals surface area (Å²) in [4.78, 5) is 62.9. The molecule has 30 heteroatoms. The zero-order chi connectivity index (χ0) is 56.9. The predicted octanol–water partition coefficient (Wildman–Crippen LogP) is -3.91. The zero-order valence-corrected chi connectivity index (χ0v) is 39.9. The maximum Gasteiger partial charge on any atom is 0.349 e. The quantitative estimate of drug-likeness (QED) is 0.0277. The van der Waals surface area contributed by atoms with E-state index in [9.17, 15) is 101 Å². The summed E-state index contributed by atoms with van der Waals surface area (Å²) in [6.07, 6.45) is -28.6. The number of aliphatic carboxylic acids is 2. The fraction of sp³-hybridized carbons (Fsp3) is 0.438. The second-order valence-corrected chi connectivity index (χ2v) is 17.7. The van der Waals surface area contributed by atoms with Crippen LogP contribution in [0.3, 0.4) is 0 Å². The highest BCUT2D eigenvalue weighted by atomic mass is 16.8. The molecule has 0 amide bonds. The topological polar surface area (TPSA) is 481 Å². The molecule has 3 fully saturated rings. The Morgan fingerprint density at radius 2 is 1.35 bits per heavy atom. The summed E-state index contributed by atoms with van der Waals surface area (Å²) in [6, 6.07) is 8.61. The molecule has 0 radical (unpaired) electrons. The number of allylic oxidation sites excluding steroid dienone is 2. The molecule has 5 aliphatic rings. The molecule has 0 aromatic heterocycles. The number of carbonyl (C=O) groups excluding carboxylic acids is 3. The maximum atomic E-state index is 13.0. The monoisotopic (exact) mass is 1110 g/mol. The molecule has 78 heavy (non-hydrogen) atoms.